The van der Waals surface area contributed by atoms with Crippen molar-refractivity contribution in [2.45, 2.75) is 25.0 Å². The van der Waals surface area contributed by atoms with Gasteiger partial charge in [0.05, 0.1) is 5.75 Å². The van der Waals surface area contributed by atoms with Crippen molar-refractivity contribution in [2.75, 3.05) is 25.6 Å². The summed E-state index contributed by atoms with van der Waals surface area (Å²) in [4.78, 5) is 4.17. The molecule has 0 aliphatic rings. The maximum Gasteiger partial charge on any atom is 0.191 e. The first-order valence-electron chi connectivity index (χ1n) is 9.29. The molecule has 0 saturated carbocycles. The van der Waals surface area contributed by atoms with E-state index in [0.717, 1.165) is 18.1 Å². The Morgan fingerprint density at radius 2 is 1.80 bits per heavy atom. The molecule has 0 atom stereocenters. The number of aryl methyl sites for hydroxylation is 1. The molecule has 2 aromatic rings. The molecular weight excluding hydrogens is 536 g/mol. The smallest absolute Gasteiger partial charge is 0.191 e. The Kier molecular flexibility index (Phi) is 11.7. The summed E-state index contributed by atoms with van der Waals surface area (Å²) in [6.07, 6.45) is 1.17. The lowest BCUT2D eigenvalue weighted by Gasteiger charge is -2.14. The molecule has 0 amide bonds. The Morgan fingerprint density at radius 3 is 2.43 bits per heavy atom. The fourth-order valence-corrected chi connectivity index (χ4v) is 4.36. The zero-order valence-electron chi connectivity index (χ0n) is 17.4. The lowest BCUT2D eigenvalue weighted by Crippen LogP contribution is -2.38. The van der Waals surface area contributed by atoms with E-state index in [9.17, 15) is 12.8 Å². The molecule has 0 radical (unpaired) electrons. The number of rotatable bonds is 9. The van der Waals surface area contributed by atoms with Crippen molar-refractivity contribution in [3.8, 4) is 0 Å². The zero-order valence-corrected chi connectivity index (χ0v) is 21.4. The molecule has 30 heavy (non-hydrogen) atoms. The van der Waals surface area contributed by atoms with E-state index in [-0.39, 0.29) is 29.7 Å². The molecule has 2 N–H and O–H groups in total. The average molecular weight is 566 g/mol. The van der Waals surface area contributed by atoms with Gasteiger partial charge in [0.25, 0.3) is 0 Å². The highest BCUT2D eigenvalue weighted by atomic mass is 127. The van der Waals surface area contributed by atoms with Crippen LogP contribution in [0.15, 0.2) is 47.5 Å². The number of nitrogens with one attached hydrogen (secondary N) is 2. The van der Waals surface area contributed by atoms with Gasteiger partial charge in [-0.2, -0.15) is 11.8 Å². The van der Waals surface area contributed by atoms with Crippen LogP contribution in [0.2, 0.25) is 0 Å². The lowest BCUT2D eigenvalue weighted by atomic mass is 10.1. The van der Waals surface area contributed by atoms with E-state index in [0.29, 0.717) is 23.6 Å². The molecule has 0 aliphatic heterocycles. The van der Waals surface area contributed by atoms with E-state index in [4.69, 9.17) is 0 Å². The van der Waals surface area contributed by atoms with Crippen LogP contribution in [-0.4, -0.2) is 40.0 Å². The van der Waals surface area contributed by atoms with Crippen LogP contribution in [0.5, 0.6) is 0 Å². The first-order valence-corrected chi connectivity index (χ1v) is 12.5. The quantitative estimate of drug-likeness (QED) is 0.209. The Morgan fingerprint density at radius 1 is 1.10 bits per heavy atom. The minimum absolute atomic E-state index is 0. The van der Waals surface area contributed by atoms with Crippen molar-refractivity contribution in [1.82, 2.24) is 10.6 Å². The summed E-state index contributed by atoms with van der Waals surface area (Å²) in [5.74, 6) is 1.94. The van der Waals surface area contributed by atoms with Crippen LogP contribution in [0.25, 0.3) is 0 Å². The number of aliphatic imine (C=N–C) groups is 1. The predicted molar refractivity (Wildman–Crippen MR) is 136 cm³/mol. The van der Waals surface area contributed by atoms with E-state index in [1.54, 1.807) is 7.05 Å². The molecule has 2 rings (SSSR count). The molecule has 0 aromatic heterocycles. The summed E-state index contributed by atoms with van der Waals surface area (Å²) < 4.78 is 36.8. The predicted octanol–water partition coefficient (Wildman–Crippen LogP) is 3.90. The molecule has 5 nitrogen and oxygen atoms in total. The van der Waals surface area contributed by atoms with Crippen molar-refractivity contribution in [3.63, 3.8) is 0 Å². The topological polar surface area (TPSA) is 70.6 Å². The average Bonchev–Trinajstić information content (AvgIpc) is 2.66. The summed E-state index contributed by atoms with van der Waals surface area (Å²) in [5.41, 5.74) is 3.75. The number of guanidine groups is 1. The van der Waals surface area contributed by atoms with Crippen LogP contribution in [0.4, 0.5) is 4.39 Å². The highest BCUT2D eigenvalue weighted by molar-refractivity contribution is 14.0. The maximum absolute atomic E-state index is 13.6. The van der Waals surface area contributed by atoms with E-state index in [1.165, 1.54) is 35.6 Å². The van der Waals surface area contributed by atoms with Crippen LogP contribution in [0.3, 0.4) is 0 Å². The van der Waals surface area contributed by atoms with Crippen LogP contribution in [-0.2, 0) is 27.9 Å². The lowest BCUT2D eigenvalue weighted by molar-refractivity contribution is 0.599. The van der Waals surface area contributed by atoms with Gasteiger partial charge in [0, 0.05) is 37.9 Å². The zero-order chi connectivity index (χ0) is 21.3. The van der Waals surface area contributed by atoms with Crippen molar-refractivity contribution >= 4 is 51.5 Å². The first kappa shape index (κ1) is 26.7. The van der Waals surface area contributed by atoms with Gasteiger partial charge < -0.3 is 10.6 Å². The van der Waals surface area contributed by atoms with Crippen molar-refractivity contribution in [2.24, 2.45) is 4.99 Å². The van der Waals surface area contributed by atoms with Crippen molar-refractivity contribution in [3.05, 3.63) is 70.5 Å². The van der Waals surface area contributed by atoms with Gasteiger partial charge in [0.1, 0.15) is 5.82 Å². The summed E-state index contributed by atoms with van der Waals surface area (Å²) in [7, 11) is -1.54. The molecule has 166 valence electrons. The number of nitrogens with zero attached hydrogens (tertiary/aromatic N) is 1. The molecule has 0 fully saturated rings. The Balaban J connectivity index is 0.00000450. The number of benzene rings is 2. The van der Waals surface area contributed by atoms with E-state index >= 15 is 0 Å². The summed E-state index contributed by atoms with van der Waals surface area (Å²) in [6.45, 7) is 3.10. The minimum atomic E-state index is -3.20. The maximum atomic E-state index is 13.6. The molecule has 0 heterocycles. The third-order valence-electron chi connectivity index (χ3n) is 4.18. The second-order valence-electron chi connectivity index (χ2n) is 6.87. The highest BCUT2D eigenvalue weighted by Gasteiger charge is 2.11. The molecule has 2 aromatic carbocycles. The normalized spacial score (nSPS) is 11.7. The van der Waals surface area contributed by atoms with Gasteiger partial charge in [-0.3, -0.25) is 4.99 Å². The Bertz CT molecular complexity index is 936. The van der Waals surface area contributed by atoms with Crippen LogP contribution in [0.1, 0.15) is 22.3 Å². The first-order chi connectivity index (χ1) is 13.8. The van der Waals surface area contributed by atoms with Crippen LogP contribution >= 0.6 is 35.7 Å². The monoisotopic (exact) mass is 565 g/mol. The van der Waals surface area contributed by atoms with Gasteiger partial charge in [-0.25, -0.2) is 12.8 Å². The van der Waals surface area contributed by atoms with Gasteiger partial charge in [0.2, 0.25) is 0 Å². The van der Waals surface area contributed by atoms with Crippen LogP contribution in [0, 0.1) is 12.7 Å². The number of halogens is 2. The van der Waals surface area contributed by atoms with Gasteiger partial charge in [0.15, 0.2) is 15.8 Å². The molecule has 0 aliphatic carbocycles. The van der Waals surface area contributed by atoms with Gasteiger partial charge in [-0.1, -0.05) is 35.9 Å². The summed E-state index contributed by atoms with van der Waals surface area (Å²) in [6, 6.07) is 12.7. The molecule has 0 saturated heterocycles. The van der Waals surface area contributed by atoms with Crippen molar-refractivity contribution < 1.29 is 12.8 Å². The molecule has 0 bridgehead atoms. The second-order valence-corrected chi connectivity index (χ2v) is 10.1. The van der Waals surface area contributed by atoms with Crippen LogP contribution < -0.4 is 10.6 Å². The fourth-order valence-electron chi connectivity index (χ4n) is 2.70. The summed E-state index contributed by atoms with van der Waals surface area (Å²) >= 11 is 1.83. The molecular formula is C21H29FIN3O2S2. The summed E-state index contributed by atoms with van der Waals surface area (Å²) in [5, 5.41) is 6.35. The largest absolute Gasteiger partial charge is 0.356 e. The third-order valence-corrected chi connectivity index (χ3v) is 6.05. The van der Waals surface area contributed by atoms with Gasteiger partial charge in [-0.05, 0) is 35.7 Å². The Labute approximate surface area is 200 Å². The number of hydrogen-bond donors (Lipinski definition) is 2. The van der Waals surface area contributed by atoms with Gasteiger partial charge in [-0.15, -0.1) is 24.0 Å². The number of hydrogen-bond acceptors (Lipinski definition) is 4. The van der Waals surface area contributed by atoms with E-state index in [2.05, 4.69) is 46.8 Å². The molecule has 0 spiro atoms. The SMILES string of the molecule is CN=C(NCCSCc1ccc(C)cc1)NCc1cc(F)ccc1CS(C)(=O)=O.I. The van der Waals surface area contributed by atoms with E-state index < -0.39 is 15.7 Å². The standard InChI is InChI=1S/C21H28FN3O2S2.HI/c1-16-4-6-17(7-5-16)14-28-11-10-24-21(23-2)25-13-19-12-20(22)9-8-18(19)15-29(3,26)27;/h4-9,12H,10-11,13-15H2,1-3H3,(H2,23,24,25);1H. The number of thioether (sulfide) groups is 1. The van der Waals surface area contributed by atoms with E-state index in [1.807, 2.05) is 11.8 Å². The second kappa shape index (κ2) is 13.2. The highest BCUT2D eigenvalue weighted by Crippen LogP contribution is 2.15. The fraction of sp³-hybridized carbons (Fsp3) is 0.381. The molecule has 0 unspecified atom stereocenters. The Hall–Kier alpha value is -1.33. The molecule has 9 heteroatoms. The van der Waals surface area contributed by atoms with Crippen molar-refractivity contribution in [1.29, 1.82) is 0 Å². The van der Waals surface area contributed by atoms with Gasteiger partial charge >= 0.3 is 0 Å². The third kappa shape index (κ3) is 10.1. The number of sulfone groups is 1. The minimum Gasteiger partial charge on any atom is -0.356 e.